The molecule has 2 aromatic carbocycles. The van der Waals surface area contributed by atoms with Gasteiger partial charge in [0.25, 0.3) is 0 Å². The number of amides is 1. The van der Waals surface area contributed by atoms with E-state index in [1.54, 1.807) is 12.1 Å². The average molecular weight is 263 g/mol. The Labute approximate surface area is 108 Å². The zero-order valence-electron chi connectivity index (χ0n) is 10.1. The fraction of sp³-hybridized carbons (Fsp3) is 0.0714. The molecule has 0 unspecified atom stereocenters. The zero-order chi connectivity index (χ0) is 14.0. The quantitative estimate of drug-likeness (QED) is 0.925. The molecule has 2 N–H and O–H groups in total. The molecule has 0 aliphatic rings. The molecule has 0 radical (unpaired) electrons. The van der Waals surface area contributed by atoms with E-state index < -0.39 is 17.5 Å². The fourth-order valence-corrected chi connectivity index (χ4v) is 1.75. The monoisotopic (exact) mass is 263 g/mol. The number of benzene rings is 2. The van der Waals surface area contributed by atoms with Crippen molar-refractivity contribution in [2.75, 3.05) is 7.11 Å². The molecule has 0 spiro atoms. The van der Waals surface area contributed by atoms with Crippen LogP contribution in [0.5, 0.6) is 5.75 Å². The molecule has 2 rings (SSSR count). The summed E-state index contributed by atoms with van der Waals surface area (Å²) in [6.07, 6.45) is 0. The van der Waals surface area contributed by atoms with Crippen molar-refractivity contribution in [1.82, 2.24) is 0 Å². The smallest absolute Gasteiger partial charge is 0.248 e. The largest absolute Gasteiger partial charge is 0.497 e. The van der Waals surface area contributed by atoms with Gasteiger partial charge in [-0.3, -0.25) is 4.79 Å². The van der Waals surface area contributed by atoms with E-state index in [0.717, 1.165) is 12.1 Å². The molecule has 2 aromatic rings. The van der Waals surface area contributed by atoms with Crippen LogP contribution in [0.1, 0.15) is 10.4 Å². The van der Waals surface area contributed by atoms with Crippen molar-refractivity contribution in [3.63, 3.8) is 0 Å². The molecule has 0 heterocycles. The van der Waals surface area contributed by atoms with E-state index in [9.17, 15) is 13.6 Å². The maximum absolute atomic E-state index is 13.9. The van der Waals surface area contributed by atoms with Gasteiger partial charge in [0, 0.05) is 5.56 Å². The Hall–Kier alpha value is -2.43. The van der Waals surface area contributed by atoms with Crippen molar-refractivity contribution in [2.24, 2.45) is 5.73 Å². The molecular weight excluding hydrogens is 252 g/mol. The first-order valence-corrected chi connectivity index (χ1v) is 5.46. The number of halogens is 2. The molecule has 3 nitrogen and oxygen atoms in total. The zero-order valence-corrected chi connectivity index (χ0v) is 10.1. The molecule has 0 fully saturated rings. The number of carbonyl (C=O) groups is 1. The number of nitrogens with two attached hydrogens (primary N) is 1. The van der Waals surface area contributed by atoms with Crippen LogP contribution in [0.25, 0.3) is 11.1 Å². The topological polar surface area (TPSA) is 52.3 Å². The standard InChI is InChI=1S/C14H11F2NO2/c1-19-10-4-2-8(3-5-10)13-11(15)6-9(14(17)18)7-12(13)16/h2-7H,1H3,(H2,17,18). The predicted molar refractivity (Wildman–Crippen MR) is 66.9 cm³/mol. The average Bonchev–Trinajstić information content (AvgIpc) is 2.38. The third-order valence-electron chi connectivity index (χ3n) is 2.71. The summed E-state index contributed by atoms with van der Waals surface area (Å²) in [6, 6.07) is 8.09. The van der Waals surface area contributed by atoms with Gasteiger partial charge in [-0.25, -0.2) is 8.78 Å². The molecule has 0 saturated heterocycles. The van der Waals surface area contributed by atoms with Gasteiger partial charge < -0.3 is 10.5 Å². The van der Waals surface area contributed by atoms with E-state index in [1.165, 1.54) is 19.2 Å². The van der Waals surface area contributed by atoms with Gasteiger partial charge in [0.15, 0.2) is 0 Å². The number of methoxy groups -OCH3 is 1. The number of hydrogen-bond donors (Lipinski definition) is 1. The van der Waals surface area contributed by atoms with Crippen LogP contribution in [0.2, 0.25) is 0 Å². The van der Waals surface area contributed by atoms with Crippen molar-refractivity contribution in [1.29, 1.82) is 0 Å². The third kappa shape index (κ3) is 2.54. The summed E-state index contributed by atoms with van der Waals surface area (Å²) in [5, 5.41) is 0. The second-order valence-electron chi connectivity index (χ2n) is 3.91. The minimum atomic E-state index is -0.876. The highest BCUT2D eigenvalue weighted by Crippen LogP contribution is 2.28. The minimum absolute atomic E-state index is 0.201. The van der Waals surface area contributed by atoms with Crippen LogP contribution in [0.3, 0.4) is 0 Å². The second-order valence-corrected chi connectivity index (χ2v) is 3.91. The third-order valence-corrected chi connectivity index (χ3v) is 2.71. The van der Waals surface area contributed by atoms with E-state index in [-0.39, 0.29) is 11.1 Å². The fourth-order valence-electron chi connectivity index (χ4n) is 1.75. The lowest BCUT2D eigenvalue weighted by Gasteiger charge is -2.08. The molecule has 5 heteroatoms. The Kier molecular flexibility index (Phi) is 3.46. The summed E-state index contributed by atoms with van der Waals surface area (Å²) in [5.74, 6) is -1.96. The molecule has 0 saturated carbocycles. The van der Waals surface area contributed by atoms with Gasteiger partial charge in [0.2, 0.25) is 5.91 Å². The molecule has 0 bridgehead atoms. The van der Waals surface area contributed by atoms with Gasteiger partial charge in [-0.05, 0) is 29.8 Å². The van der Waals surface area contributed by atoms with Crippen molar-refractivity contribution >= 4 is 5.91 Å². The number of carbonyl (C=O) groups excluding carboxylic acids is 1. The lowest BCUT2D eigenvalue weighted by molar-refractivity contribution is 0.0999. The predicted octanol–water partition coefficient (Wildman–Crippen LogP) is 2.74. The minimum Gasteiger partial charge on any atom is -0.497 e. The van der Waals surface area contributed by atoms with Crippen LogP contribution in [-0.4, -0.2) is 13.0 Å². The van der Waals surface area contributed by atoms with Gasteiger partial charge in [-0.1, -0.05) is 12.1 Å². The molecule has 0 aromatic heterocycles. The molecule has 98 valence electrons. The normalized spacial score (nSPS) is 10.3. The highest BCUT2D eigenvalue weighted by atomic mass is 19.1. The summed E-state index contributed by atoms with van der Waals surface area (Å²) in [4.78, 5) is 10.9. The first-order valence-electron chi connectivity index (χ1n) is 5.46. The van der Waals surface area contributed by atoms with E-state index in [4.69, 9.17) is 10.5 Å². The molecule has 0 aliphatic carbocycles. The van der Waals surface area contributed by atoms with E-state index >= 15 is 0 Å². The first-order chi connectivity index (χ1) is 9.02. The van der Waals surface area contributed by atoms with Crippen molar-refractivity contribution in [3.05, 3.63) is 53.6 Å². The number of rotatable bonds is 3. The van der Waals surface area contributed by atoms with Crippen LogP contribution in [0, 0.1) is 11.6 Å². The first kappa shape index (κ1) is 13.0. The lowest BCUT2D eigenvalue weighted by Crippen LogP contribution is -2.12. The molecule has 19 heavy (non-hydrogen) atoms. The van der Waals surface area contributed by atoms with E-state index in [2.05, 4.69) is 0 Å². The van der Waals surface area contributed by atoms with Crippen LogP contribution in [-0.2, 0) is 0 Å². The number of hydrogen-bond acceptors (Lipinski definition) is 2. The maximum atomic E-state index is 13.9. The SMILES string of the molecule is COc1ccc(-c2c(F)cc(C(N)=O)cc2F)cc1. The summed E-state index contributed by atoms with van der Waals surface area (Å²) in [7, 11) is 1.50. The van der Waals surface area contributed by atoms with Crippen molar-refractivity contribution in [2.45, 2.75) is 0 Å². The van der Waals surface area contributed by atoms with Crippen molar-refractivity contribution in [3.8, 4) is 16.9 Å². The Morgan fingerprint density at radius 3 is 2.05 bits per heavy atom. The summed E-state index contributed by atoms with van der Waals surface area (Å²) in [6.45, 7) is 0. The van der Waals surface area contributed by atoms with Gasteiger partial charge in [-0.2, -0.15) is 0 Å². The summed E-state index contributed by atoms with van der Waals surface area (Å²) in [5.41, 5.74) is 4.94. The number of primary amides is 1. The van der Waals surface area contributed by atoms with Gasteiger partial charge in [0.05, 0.1) is 12.7 Å². The lowest BCUT2D eigenvalue weighted by atomic mass is 10.0. The second kappa shape index (κ2) is 5.06. The Morgan fingerprint density at radius 1 is 1.11 bits per heavy atom. The molecule has 0 aliphatic heterocycles. The van der Waals surface area contributed by atoms with Crippen LogP contribution >= 0.6 is 0 Å². The van der Waals surface area contributed by atoms with Crippen LogP contribution in [0.4, 0.5) is 8.78 Å². The molecule has 0 atom stereocenters. The summed E-state index contributed by atoms with van der Waals surface area (Å²) >= 11 is 0. The summed E-state index contributed by atoms with van der Waals surface area (Å²) < 4.78 is 32.7. The Morgan fingerprint density at radius 2 is 1.63 bits per heavy atom. The highest BCUT2D eigenvalue weighted by molar-refractivity contribution is 5.93. The Balaban J connectivity index is 2.52. The van der Waals surface area contributed by atoms with E-state index in [1.807, 2.05) is 0 Å². The maximum Gasteiger partial charge on any atom is 0.248 e. The van der Waals surface area contributed by atoms with Crippen molar-refractivity contribution < 1.29 is 18.3 Å². The van der Waals surface area contributed by atoms with Gasteiger partial charge in [-0.15, -0.1) is 0 Å². The molecule has 1 amide bonds. The van der Waals surface area contributed by atoms with Gasteiger partial charge >= 0.3 is 0 Å². The molecular formula is C14H11F2NO2. The number of ether oxygens (including phenoxy) is 1. The van der Waals surface area contributed by atoms with Crippen LogP contribution in [0.15, 0.2) is 36.4 Å². The van der Waals surface area contributed by atoms with Crippen LogP contribution < -0.4 is 10.5 Å². The van der Waals surface area contributed by atoms with E-state index in [0.29, 0.717) is 11.3 Å². The highest BCUT2D eigenvalue weighted by Gasteiger charge is 2.15. The Bertz CT molecular complexity index is 601. The van der Waals surface area contributed by atoms with Gasteiger partial charge in [0.1, 0.15) is 17.4 Å².